The van der Waals surface area contributed by atoms with Crippen molar-refractivity contribution in [2.24, 2.45) is 5.73 Å². The maximum atomic E-state index is 6.14. The first-order valence-corrected chi connectivity index (χ1v) is 6.78. The minimum atomic E-state index is 0.0160. The van der Waals surface area contributed by atoms with Gasteiger partial charge in [0.1, 0.15) is 12.2 Å². The molecule has 1 aliphatic heterocycles. The summed E-state index contributed by atoms with van der Waals surface area (Å²) < 4.78 is 7.54. The SMILES string of the molecule is CCn1ncnc1CC(N)C1CSCCO1. The van der Waals surface area contributed by atoms with Crippen molar-refractivity contribution in [3.8, 4) is 0 Å². The fraction of sp³-hybridized carbons (Fsp3) is 0.800. The van der Waals surface area contributed by atoms with Gasteiger partial charge in [-0.15, -0.1) is 0 Å². The lowest BCUT2D eigenvalue weighted by molar-refractivity contribution is 0.0565. The second-order valence-electron chi connectivity index (χ2n) is 3.84. The Kier molecular flexibility index (Phi) is 4.20. The molecule has 6 heteroatoms. The van der Waals surface area contributed by atoms with Gasteiger partial charge in [0.05, 0.1) is 12.7 Å². The van der Waals surface area contributed by atoms with Crippen LogP contribution < -0.4 is 5.73 Å². The molecule has 2 heterocycles. The van der Waals surface area contributed by atoms with Crippen molar-refractivity contribution in [1.29, 1.82) is 0 Å². The van der Waals surface area contributed by atoms with Crippen LogP contribution in [-0.4, -0.2) is 45.0 Å². The van der Waals surface area contributed by atoms with Crippen LogP contribution in [0.3, 0.4) is 0 Å². The molecular formula is C10H18N4OS. The van der Waals surface area contributed by atoms with Crippen LogP contribution in [0, 0.1) is 0 Å². The predicted molar refractivity (Wildman–Crippen MR) is 64.4 cm³/mol. The van der Waals surface area contributed by atoms with Crippen LogP contribution in [0.4, 0.5) is 0 Å². The maximum absolute atomic E-state index is 6.14. The molecule has 1 aliphatic rings. The second-order valence-corrected chi connectivity index (χ2v) is 4.99. The summed E-state index contributed by atoms with van der Waals surface area (Å²) in [4.78, 5) is 4.23. The van der Waals surface area contributed by atoms with Gasteiger partial charge in [0.15, 0.2) is 0 Å². The Morgan fingerprint density at radius 3 is 3.31 bits per heavy atom. The van der Waals surface area contributed by atoms with Gasteiger partial charge < -0.3 is 10.5 Å². The van der Waals surface area contributed by atoms with E-state index in [0.717, 1.165) is 36.9 Å². The average molecular weight is 242 g/mol. The van der Waals surface area contributed by atoms with E-state index < -0.39 is 0 Å². The highest BCUT2D eigenvalue weighted by molar-refractivity contribution is 7.99. The quantitative estimate of drug-likeness (QED) is 0.822. The summed E-state index contributed by atoms with van der Waals surface area (Å²) >= 11 is 1.91. The van der Waals surface area contributed by atoms with E-state index in [1.165, 1.54) is 0 Å². The molecule has 2 atom stereocenters. The zero-order valence-electron chi connectivity index (χ0n) is 9.50. The van der Waals surface area contributed by atoms with Crippen LogP contribution in [0.15, 0.2) is 6.33 Å². The Hall–Kier alpha value is -0.590. The van der Waals surface area contributed by atoms with E-state index in [-0.39, 0.29) is 12.1 Å². The minimum absolute atomic E-state index is 0.0160. The Morgan fingerprint density at radius 2 is 2.62 bits per heavy atom. The van der Waals surface area contributed by atoms with Crippen molar-refractivity contribution in [3.05, 3.63) is 12.2 Å². The van der Waals surface area contributed by atoms with Gasteiger partial charge in [-0.2, -0.15) is 16.9 Å². The lowest BCUT2D eigenvalue weighted by atomic mass is 10.1. The molecule has 5 nitrogen and oxygen atoms in total. The number of aromatic nitrogens is 3. The van der Waals surface area contributed by atoms with Crippen molar-refractivity contribution in [2.75, 3.05) is 18.1 Å². The number of thioether (sulfide) groups is 1. The van der Waals surface area contributed by atoms with Crippen LogP contribution in [0.25, 0.3) is 0 Å². The van der Waals surface area contributed by atoms with E-state index in [4.69, 9.17) is 10.5 Å². The topological polar surface area (TPSA) is 66.0 Å². The molecule has 2 unspecified atom stereocenters. The molecule has 1 aromatic rings. The average Bonchev–Trinajstić information content (AvgIpc) is 2.77. The first-order chi connectivity index (χ1) is 7.81. The Balaban J connectivity index is 1.93. The highest BCUT2D eigenvalue weighted by atomic mass is 32.2. The molecule has 1 saturated heterocycles. The van der Waals surface area contributed by atoms with Crippen LogP contribution in [0.2, 0.25) is 0 Å². The van der Waals surface area contributed by atoms with Gasteiger partial charge in [-0.1, -0.05) is 0 Å². The van der Waals surface area contributed by atoms with E-state index in [2.05, 4.69) is 17.0 Å². The Morgan fingerprint density at radius 1 is 1.75 bits per heavy atom. The Labute approximate surface area is 99.7 Å². The van der Waals surface area contributed by atoms with E-state index in [0.29, 0.717) is 0 Å². The van der Waals surface area contributed by atoms with Gasteiger partial charge in [-0.3, -0.25) is 4.68 Å². The summed E-state index contributed by atoms with van der Waals surface area (Å²) in [7, 11) is 0. The first-order valence-electron chi connectivity index (χ1n) is 5.63. The number of aryl methyl sites for hydroxylation is 1. The highest BCUT2D eigenvalue weighted by Gasteiger charge is 2.23. The van der Waals surface area contributed by atoms with Crippen molar-refractivity contribution in [2.45, 2.75) is 32.0 Å². The maximum Gasteiger partial charge on any atom is 0.138 e. The zero-order chi connectivity index (χ0) is 11.4. The summed E-state index contributed by atoms with van der Waals surface area (Å²) in [5, 5.41) is 4.14. The molecular weight excluding hydrogens is 224 g/mol. The molecule has 90 valence electrons. The monoisotopic (exact) mass is 242 g/mol. The fourth-order valence-corrected chi connectivity index (χ4v) is 2.76. The molecule has 16 heavy (non-hydrogen) atoms. The van der Waals surface area contributed by atoms with E-state index in [1.54, 1.807) is 6.33 Å². The second kappa shape index (κ2) is 5.65. The number of hydrogen-bond donors (Lipinski definition) is 1. The van der Waals surface area contributed by atoms with E-state index in [1.807, 2.05) is 16.4 Å². The third kappa shape index (κ3) is 2.75. The smallest absolute Gasteiger partial charge is 0.138 e. The molecule has 0 aromatic carbocycles. The van der Waals surface area contributed by atoms with Crippen molar-refractivity contribution in [1.82, 2.24) is 14.8 Å². The van der Waals surface area contributed by atoms with Gasteiger partial charge in [-0.05, 0) is 6.92 Å². The summed E-state index contributed by atoms with van der Waals surface area (Å²) in [5.74, 6) is 3.02. The number of nitrogens with zero attached hydrogens (tertiary/aromatic N) is 3. The van der Waals surface area contributed by atoms with Gasteiger partial charge in [0, 0.05) is 30.5 Å². The van der Waals surface area contributed by atoms with Crippen molar-refractivity contribution < 1.29 is 4.74 Å². The third-order valence-electron chi connectivity index (χ3n) is 2.73. The van der Waals surface area contributed by atoms with Gasteiger partial charge in [0.2, 0.25) is 0 Å². The van der Waals surface area contributed by atoms with Crippen LogP contribution >= 0.6 is 11.8 Å². The van der Waals surface area contributed by atoms with E-state index in [9.17, 15) is 0 Å². The van der Waals surface area contributed by atoms with Gasteiger partial charge in [-0.25, -0.2) is 4.98 Å². The minimum Gasteiger partial charge on any atom is -0.375 e. The molecule has 1 fully saturated rings. The summed E-state index contributed by atoms with van der Waals surface area (Å²) in [6, 6.07) is 0.0160. The highest BCUT2D eigenvalue weighted by Crippen LogP contribution is 2.16. The molecule has 0 radical (unpaired) electrons. The fourth-order valence-electron chi connectivity index (χ4n) is 1.81. The van der Waals surface area contributed by atoms with Gasteiger partial charge >= 0.3 is 0 Å². The van der Waals surface area contributed by atoms with Crippen LogP contribution in [-0.2, 0) is 17.7 Å². The lowest BCUT2D eigenvalue weighted by Gasteiger charge is -2.27. The molecule has 2 rings (SSSR count). The molecule has 1 aromatic heterocycles. The largest absolute Gasteiger partial charge is 0.375 e. The number of rotatable bonds is 4. The molecule has 0 spiro atoms. The molecule has 0 saturated carbocycles. The normalized spacial score (nSPS) is 23.2. The zero-order valence-corrected chi connectivity index (χ0v) is 10.3. The standard InChI is InChI=1S/C10H18N4OS/c1-2-14-10(12-7-13-14)5-8(11)9-6-16-4-3-15-9/h7-9H,2-6,11H2,1H3. The molecule has 0 bridgehead atoms. The van der Waals surface area contributed by atoms with Crippen molar-refractivity contribution >= 4 is 11.8 Å². The van der Waals surface area contributed by atoms with Crippen LogP contribution in [0.1, 0.15) is 12.7 Å². The van der Waals surface area contributed by atoms with Crippen molar-refractivity contribution in [3.63, 3.8) is 0 Å². The third-order valence-corrected chi connectivity index (χ3v) is 3.75. The molecule has 0 aliphatic carbocycles. The van der Waals surface area contributed by atoms with E-state index >= 15 is 0 Å². The number of ether oxygens (including phenoxy) is 1. The first kappa shape index (κ1) is 11.9. The number of hydrogen-bond acceptors (Lipinski definition) is 5. The Bertz CT molecular complexity index is 324. The molecule has 0 amide bonds. The summed E-state index contributed by atoms with van der Waals surface area (Å²) in [6.45, 7) is 3.70. The number of nitrogens with two attached hydrogens (primary N) is 1. The summed E-state index contributed by atoms with van der Waals surface area (Å²) in [6.07, 6.45) is 2.47. The predicted octanol–water partition coefficient (Wildman–Crippen LogP) is 0.300. The van der Waals surface area contributed by atoms with Crippen LogP contribution in [0.5, 0.6) is 0 Å². The van der Waals surface area contributed by atoms with Gasteiger partial charge in [0.25, 0.3) is 0 Å². The summed E-state index contributed by atoms with van der Waals surface area (Å²) in [5.41, 5.74) is 6.14. The molecule has 2 N–H and O–H groups in total. The lowest BCUT2D eigenvalue weighted by Crippen LogP contribution is -2.43.